The normalized spacial score (nSPS) is 15.7. The van der Waals surface area contributed by atoms with Crippen molar-refractivity contribution in [2.75, 3.05) is 13.7 Å². The van der Waals surface area contributed by atoms with Crippen molar-refractivity contribution in [2.45, 2.75) is 51.6 Å². The summed E-state index contributed by atoms with van der Waals surface area (Å²) in [6, 6.07) is 0. The van der Waals surface area contributed by atoms with E-state index in [9.17, 15) is 0 Å². The molecule has 0 saturated carbocycles. The molecule has 0 spiro atoms. The van der Waals surface area contributed by atoms with E-state index in [-0.39, 0.29) is 5.60 Å². The summed E-state index contributed by atoms with van der Waals surface area (Å²) >= 11 is 0. The van der Waals surface area contributed by atoms with Crippen molar-refractivity contribution in [1.82, 2.24) is 5.09 Å². The Hall–Kier alpha value is 0.350. The Labute approximate surface area is 85.1 Å². The third-order valence-corrected chi connectivity index (χ3v) is 2.87. The zero-order valence-corrected chi connectivity index (χ0v) is 10.4. The van der Waals surface area contributed by atoms with E-state index in [0.717, 1.165) is 13.0 Å². The van der Waals surface area contributed by atoms with E-state index < -0.39 is 0 Å². The first-order chi connectivity index (χ1) is 6.18. The lowest BCUT2D eigenvalue weighted by molar-refractivity contribution is -0.0109. The van der Waals surface area contributed by atoms with Gasteiger partial charge in [-0.3, -0.25) is 0 Å². The highest BCUT2D eigenvalue weighted by molar-refractivity contribution is 7.13. The van der Waals surface area contributed by atoms with Gasteiger partial charge in [-0.2, -0.15) is 0 Å². The molecule has 2 unspecified atom stereocenters. The fourth-order valence-corrected chi connectivity index (χ4v) is 1.65. The Kier molecular flexibility index (Phi) is 7.93. The van der Waals surface area contributed by atoms with Crippen LogP contribution in [-0.2, 0) is 4.74 Å². The van der Waals surface area contributed by atoms with Gasteiger partial charge >= 0.3 is 0 Å². The molecule has 0 bridgehead atoms. The number of hydrogen-bond donors (Lipinski definition) is 1. The minimum atomic E-state index is 0.0948. The zero-order chi connectivity index (χ0) is 10.2. The van der Waals surface area contributed by atoms with E-state index in [1.807, 2.05) is 7.11 Å². The highest BCUT2D eigenvalue weighted by Gasteiger charge is 2.21. The first-order valence-electron chi connectivity index (χ1n) is 5.17. The lowest BCUT2D eigenvalue weighted by Gasteiger charge is -2.28. The summed E-state index contributed by atoms with van der Waals surface area (Å²) in [4.78, 5) is 0. The molecule has 1 N–H and O–H groups in total. The van der Waals surface area contributed by atoms with Crippen LogP contribution in [0.15, 0.2) is 0 Å². The molecule has 0 aliphatic carbocycles. The van der Waals surface area contributed by atoms with Crippen LogP contribution in [0, 0.1) is 0 Å². The molecule has 0 aliphatic rings. The predicted octanol–water partition coefficient (Wildman–Crippen LogP) is 2.74. The number of hydrogen-bond acceptors (Lipinski definition) is 2. The van der Waals surface area contributed by atoms with Gasteiger partial charge in [-0.25, -0.2) is 0 Å². The number of unbranched alkanes of at least 4 members (excludes halogenated alkanes) is 1. The molecule has 0 aliphatic heterocycles. The van der Waals surface area contributed by atoms with Crippen LogP contribution in [0.3, 0.4) is 0 Å². The van der Waals surface area contributed by atoms with Crippen LogP contribution in [0.5, 0.6) is 0 Å². The maximum atomic E-state index is 5.55. The van der Waals surface area contributed by atoms with Gasteiger partial charge in [0.25, 0.3) is 0 Å². The van der Waals surface area contributed by atoms with Crippen molar-refractivity contribution in [3.8, 4) is 0 Å². The third-order valence-electron chi connectivity index (χ3n) is 2.58. The van der Waals surface area contributed by atoms with Crippen LogP contribution < -0.4 is 5.09 Å². The van der Waals surface area contributed by atoms with E-state index in [0.29, 0.717) is 0 Å². The Morgan fingerprint density at radius 2 is 1.92 bits per heavy atom. The first-order valence-corrected chi connectivity index (χ1v) is 5.75. The molecule has 80 valence electrons. The van der Waals surface area contributed by atoms with Gasteiger partial charge in [-0.05, 0) is 32.7 Å². The van der Waals surface area contributed by atoms with Crippen LogP contribution in [0.25, 0.3) is 0 Å². The van der Waals surface area contributed by atoms with Crippen LogP contribution in [0.2, 0.25) is 0 Å². The molecule has 2 atom stereocenters. The lowest BCUT2D eigenvalue weighted by atomic mass is 9.93. The average molecular weight is 205 g/mol. The molecule has 0 rings (SSSR count). The molecule has 0 aromatic rings. The van der Waals surface area contributed by atoms with Gasteiger partial charge in [0.2, 0.25) is 0 Å². The second-order valence-corrected chi connectivity index (χ2v) is 4.22. The van der Waals surface area contributed by atoms with Gasteiger partial charge in [0.15, 0.2) is 0 Å². The van der Waals surface area contributed by atoms with E-state index in [2.05, 4.69) is 28.3 Å². The van der Waals surface area contributed by atoms with Gasteiger partial charge in [0.05, 0.1) is 5.60 Å². The lowest BCUT2D eigenvalue weighted by Crippen LogP contribution is -2.28. The first kappa shape index (κ1) is 13.4. The number of methoxy groups -OCH3 is 1. The minimum absolute atomic E-state index is 0.0948. The summed E-state index contributed by atoms with van der Waals surface area (Å²) in [7, 11) is 4.35. The predicted molar refractivity (Wildman–Crippen MR) is 61.9 cm³/mol. The quantitative estimate of drug-likeness (QED) is 0.486. The summed E-state index contributed by atoms with van der Waals surface area (Å²) in [5.74, 6) is 0. The van der Waals surface area contributed by atoms with E-state index in [4.69, 9.17) is 4.74 Å². The van der Waals surface area contributed by atoms with Crippen LogP contribution in [0.1, 0.15) is 46.0 Å². The molecule has 0 fully saturated rings. The van der Waals surface area contributed by atoms with Crippen LogP contribution >= 0.6 is 9.39 Å². The van der Waals surface area contributed by atoms with Gasteiger partial charge in [0.1, 0.15) is 0 Å². The Balaban J connectivity index is 3.67. The second-order valence-electron chi connectivity index (χ2n) is 3.82. The molecular weight excluding hydrogens is 181 g/mol. The van der Waals surface area contributed by atoms with Crippen molar-refractivity contribution < 1.29 is 4.74 Å². The van der Waals surface area contributed by atoms with E-state index in [1.165, 1.54) is 25.7 Å². The molecule has 2 nitrogen and oxygen atoms in total. The smallest absolute Gasteiger partial charge is 0.0651 e. The van der Waals surface area contributed by atoms with Crippen LogP contribution in [0.4, 0.5) is 0 Å². The molecule has 0 radical (unpaired) electrons. The second kappa shape index (κ2) is 7.73. The monoisotopic (exact) mass is 205 g/mol. The van der Waals surface area contributed by atoms with Crippen molar-refractivity contribution >= 4 is 9.39 Å². The van der Waals surface area contributed by atoms with Gasteiger partial charge < -0.3 is 9.82 Å². The Bertz CT molecular complexity index is 121. The van der Waals surface area contributed by atoms with E-state index in [1.54, 1.807) is 0 Å². The SMILES string of the molecule is CCCCC(C)(CCCNP)OC. The molecule has 0 saturated heterocycles. The fourth-order valence-electron chi connectivity index (χ4n) is 1.44. The number of nitrogens with one attached hydrogen (secondary N) is 1. The number of rotatable bonds is 8. The number of ether oxygens (including phenoxy) is 1. The standard InChI is InChI=1S/C10H24NOP/c1-4-5-7-10(2,12-3)8-6-9-11-13/h11H,4-9,13H2,1-3H3. The molecule has 0 aromatic carbocycles. The largest absolute Gasteiger partial charge is 0.379 e. The third kappa shape index (κ3) is 6.42. The molecule has 13 heavy (non-hydrogen) atoms. The van der Waals surface area contributed by atoms with Crippen molar-refractivity contribution in [3.63, 3.8) is 0 Å². The summed E-state index contributed by atoms with van der Waals surface area (Å²) in [6.07, 6.45) is 6.01. The van der Waals surface area contributed by atoms with Gasteiger partial charge in [-0.15, -0.1) is 0 Å². The molecule has 0 heterocycles. The highest BCUT2D eigenvalue weighted by Crippen LogP contribution is 2.23. The van der Waals surface area contributed by atoms with Crippen LogP contribution in [-0.4, -0.2) is 19.3 Å². The average Bonchev–Trinajstić information content (AvgIpc) is 2.15. The maximum absolute atomic E-state index is 5.55. The Morgan fingerprint density at radius 1 is 1.31 bits per heavy atom. The summed E-state index contributed by atoms with van der Waals surface area (Å²) in [5.41, 5.74) is 0.0948. The molecule has 0 aromatic heterocycles. The van der Waals surface area contributed by atoms with Gasteiger partial charge in [-0.1, -0.05) is 29.2 Å². The van der Waals surface area contributed by atoms with Crippen molar-refractivity contribution in [1.29, 1.82) is 0 Å². The van der Waals surface area contributed by atoms with Gasteiger partial charge in [0, 0.05) is 7.11 Å². The van der Waals surface area contributed by atoms with E-state index >= 15 is 0 Å². The topological polar surface area (TPSA) is 21.3 Å². The fraction of sp³-hybridized carbons (Fsp3) is 1.00. The minimum Gasteiger partial charge on any atom is -0.379 e. The summed E-state index contributed by atoms with van der Waals surface area (Å²) < 4.78 is 5.55. The summed E-state index contributed by atoms with van der Waals surface area (Å²) in [5, 5.41) is 3.08. The zero-order valence-electron chi connectivity index (χ0n) is 9.23. The van der Waals surface area contributed by atoms with Crippen molar-refractivity contribution in [2.24, 2.45) is 0 Å². The molecule has 0 amide bonds. The summed E-state index contributed by atoms with van der Waals surface area (Å²) in [6.45, 7) is 5.49. The Morgan fingerprint density at radius 3 is 2.38 bits per heavy atom. The van der Waals surface area contributed by atoms with Crippen molar-refractivity contribution in [3.05, 3.63) is 0 Å². The molecule has 3 heteroatoms. The molecular formula is C10H24NOP. The highest BCUT2D eigenvalue weighted by atomic mass is 31.0. The maximum Gasteiger partial charge on any atom is 0.0651 e.